The van der Waals surface area contributed by atoms with Crippen LogP contribution in [0.15, 0.2) is 36.5 Å². The zero-order valence-electron chi connectivity index (χ0n) is 36.1. The van der Waals surface area contributed by atoms with Crippen LogP contribution < -0.4 is 0 Å². The Hall–Kier alpha value is -2.08. The number of aliphatic hydroxyl groups is 4. The second-order valence-electron chi connectivity index (χ2n) is 15.9. The quantitative estimate of drug-likeness (QED) is 0.0270. The summed E-state index contributed by atoms with van der Waals surface area (Å²) in [4.78, 5) is 25.3. The molecule has 10 nitrogen and oxygen atoms in total. The van der Waals surface area contributed by atoms with Gasteiger partial charge in [0.25, 0.3) is 0 Å². The van der Waals surface area contributed by atoms with E-state index in [-0.39, 0.29) is 32.0 Å². The molecule has 4 N–H and O–H groups in total. The molecule has 332 valence electrons. The van der Waals surface area contributed by atoms with Crippen molar-refractivity contribution >= 4 is 11.9 Å². The van der Waals surface area contributed by atoms with E-state index in [0.717, 1.165) is 57.8 Å². The van der Waals surface area contributed by atoms with Gasteiger partial charge in [0.05, 0.1) is 13.2 Å². The third-order valence-electron chi connectivity index (χ3n) is 10.5. The monoisotopic (exact) mass is 809 g/mol. The molecule has 0 saturated carbocycles. The summed E-state index contributed by atoms with van der Waals surface area (Å²) in [6, 6.07) is 0. The molecule has 0 radical (unpaired) electrons. The Morgan fingerprint density at radius 3 is 1.51 bits per heavy atom. The molecular weight excluding hydrogens is 725 g/mol. The first-order valence-electron chi connectivity index (χ1n) is 23.1. The lowest BCUT2D eigenvalue weighted by atomic mass is 9.99. The maximum absolute atomic E-state index is 12.8. The van der Waals surface area contributed by atoms with Crippen LogP contribution in [0.3, 0.4) is 0 Å². The molecule has 1 saturated heterocycles. The van der Waals surface area contributed by atoms with Gasteiger partial charge in [-0.05, 0) is 51.4 Å². The Labute approximate surface area is 346 Å². The van der Waals surface area contributed by atoms with Gasteiger partial charge in [0.2, 0.25) is 0 Å². The van der Waals surface area contributed by atoms with E-state index in [1.807, 2.05) is 0 Å². The number of hydrogen-bond donors (Lipinski definition) is 4. The molecule has 6 atom stereocenters. The normalized spacial score (nSPS) is 20.6. The van der Waals surface area contributed by atoms with Gasteiger partial charge in [-0.3, -0.25) is 9.59 Å². The summed E-state index contributed by atoms with van der Waals surface area (Å²) < 4.78 is 22.2. The SMILES string of the molecule is CCCCC/C=C/C/C=C/C/C=C/CCCCCCC(=O)O[C@H](COC(=O)CCCCCCCCCCCCCCCCC)CO[C@@H]1O[C@H](CO)[C@H](O)C(O)C1O. The number of hydrogen-bond acceptors (Lipinski definition) is 10. The van der Waals surface area contributed by atoms with Gasteiger partial charge in [0, 0.05) is 12.8 Å². The molecule has 1 heterocycles. The highest BCUT2D eigenvalue weighted by Gasteiger charge is 2.44. The van der Waals surface area contributed by atoms with Crippen LogP contribution in [0.25, 0.3) is 0 Å². The molecule has 57 heavy (non-hydrogen) atoms. The average molecular weight is 809 g/mol. The predicted octanol–water partition coefficient (Wildman–Crippen LogP) is 9.89. The summed E-state index contributed by atoms with van der Waals surface area (Å²) in [5.74, 6) is -0.827. The van der Waals surface area contributed by atoms with Gasteiger partial charge in [0.15, 0.2) is 12.4 Å². The standard InChI is InChI=1S/C47H84O10/c1-3-5-7-9-11-13-15-17-19-20-22-24-26-28-30-32-34-36-43(50)56-40(39-55-47-46(53)45(52)44(51)41(37-48)57-47)38-54-42(49)35-33-31-29-27-25-23-21-18-16-14-12-10-8-6-4-2/h11,13,17,19,22,24,40-41,44-48,51-53H,3-10,12,14-16,18,20-21,23,25-39H2,1-2H3/b13-11+,19-17+,24-22+/t40-,41-,44+,45?,46?,47-/m1/s1. The van der Waals surface area contributed by atoms with Crippen molar-refractivity contribution in [3.05, 3.63) is 36.5 Å². The van der Waals surface area contributed by atoms with Crippen molar-refractivity contribution in [2.75, 3.05) is 19.8 Å². The average Bonchev–Trinajstić information content (AvgIpc) is 3.21. The van der Waals surface area contributed by atoms with Crippen LogP contribution >= 0.6 is 0 Å². The van der Waals surface area contributed by atoms with Crippen LogP contribution in [0.1, 0.15) is 194 Å². The number of esters is 2. The first-order valence-corrected chi connectivity index (χ1v) is 23.1. The lowest BCUT2D eigenvalue weighted by Gasteiger charge is -2.39. The molecule has 1 aliphatic heterocycles. The van der Waals surface area contributed by atoms with Gasteiger partial charge in [-0.25, -0.2) is 0 Å². The molecule has 0 aromatic heterocycles. The third-order valence-corrected chi connectivity index (χ3v) is 10.5. The summed E-state index contributed by atoms with van der Waals surface area (Å²) in [6.45, 7) is 3.38. The lowest BCUT2D eigenvalue weighted by molar-refractivity contribution is -0.305. The number of rotatable bonds is 38. The minimum absolute atomic E-state index is 0.206. The predicted molar refractivity (Wildman–Crippen MR) is 229 cm³/mol. The van der Waals surface area contributed by atoms with Crippen LogP contribution in [0.4, 0.5) is 0 Å². The van der Waals surface area contributed by atoms with Crippen LogP contribution in [0.5, 0.6) is 0 Å². The van der Waals surface area contributed by atoms with Gasteiger partial charge < -0.3 is 39.4 Å². The Balaban J connectivity index is 2.34. The summed E-state index contributed by atoms with van der Waals surface area (Å²) in [5, 5.41) is 40.1. The van der Waals surface area contributed by atoms with Crippen LogP contribution in [0, 0.1) is 0 Å². The highest BCUT2D eigenvalue weighted by molar-refractivity contribution is 5.70. The zero-order valence-corrected chi connectivity index (χ0v) is 36.1. The fraction of sp³-hybridized carbons (Fsp3) is 0.830. The molecule has 2 unspecified atom stereocenters. The van der Waals surface area contributed by atoms with Gasteiger partial charge in [-0.1, -0.05) is 166 Å². The van der Waals surface area contributed by atoms with E-state index in [1.165, 1.54) is 103 Å². The van der Waals surface area contributed by atoms with Crippen molar-refractivity contribution in [1.82, 2.24) is 0 Å². The highest BCUT2D eigenvalue weighted by Crippen LogP contribution is 2.23. The van der Waals surface area contributed by atoms with E-state index in [1.54, 1.807) is 0 Å². The van der Waals surface area contributed by atoms with E-state index >= 15 is 0 Å². The highest BCUT2D eigenvalue weighted by atomic mass is 16.7. The molecule has 1 rings (SSSR count). The molecule has 1 aliphatic rings. The number of ether oxygens (including phenoxy) is 4. The van der Waals surface area contributed by atoms with E-state index in [0.29, 0.717) is 6.42 Å². The molecule has 0 aromatic rings. The molecule has 0 spiro atoms. The third kappa shape index (κ3) is 29.7. The number of carbonyl (C=O) groups excluding carboxylic acids is 2. The summed E-state index contributed by atoms with van der Waals surface area (Å²) in [7, 11) is 0. The van der Waals surface area contributed by atoms with Crippen LogP contribution in [-0.2, 0) is 28.5 Å². The number of allylic oxidation sites excluding steroid dienone is 6. The molecule has 0 aromatic carbocycles. The molecule has 10 heteroatoms. The second kappa shape index (κ2) is 38.1. The van der Waals surface area contributed by atoms with Gasteiger partial charge in [0.1, 0.15) is 31.0 Å². The van der Waals surface area contributed by atoms with Crippen molar-refractivity contribution in [2.45, 2.75) is 230 Å². The van der Waals surface area contributed by atoms with Crippen LogP contribution in [-0.4, -0.2) is 89.0 Å². The zero-order chi connectivity index (χ0) is 41.6. The first kappa shape index (κ1) is 52.9. The largest absolute Gasteiger partial charge is 0.462 e. The Morgan fingerprint density at radius 2 is 0.982 bits per heavy atom. The Morgan fingerprint density at radius 1 is 0.544 bits per heavy atom. The second-order valence-corrected chi connectivity index (χ2v) is 15.9. The number of unbranched alkanes of at least 4 members (excludes halogenated alkanes) is 21. The summed E-state index contributed by atoms with van der Waals surface area (Å²) in [5.41, 5.74) is 0. The number of carbonyl (C=O) groups is 2. The minimum atomic E-state index is -1.60. The van der Waals surface area contributed by atoms with E-state index in [2.05, 4.69) is 50.3 Å². The fourth-order valence-electron chi connectivity index (χ4n) is 6.84. The molecule has 0 bridgehead atoms. The first-order chi connectivity index (χ1) is 27.8. The number of aliphatic hydroxyl groups excluding tert-OH is 4. The van der Waals surface area contributed by atoms with E-state index < -0.39 is 49.4 Å². The minimum Gasteiger partial charge on any atom is -0.462 e. The molecular formula is C47H84O10. The van der Waals surface area contributed by atoms with Crippen LogP contribution in [0.2, 0.25) is 0 Å². The summed E-state index contributed by atoms with van der Waals surface area (Å²) in [6.07, 6.45) is 35.7. The topological polar surface area (TPSA) is 152 Å². The smallest absolute Gasteiger partial charge is 0.306 e. The van der Waals surface area contributed by atoms with Crippen molar-refractivity contribution in [1.29, 1.82) is 0 Å². The lowest BCUT2D eigenvalue weighted by Crippen LogP contribution is -2.59. The molecule has 1 fully saturated rings. The van der Waals surface area contributed by atoms with E-state index in [4.69, 9.17) is 18.9 Å². The van der Waals surface area contributed by atoms with Crippen molar-refractivity contribution in [3.8, 4) is 0 Å². The fourth-order valence-corrected chi connectivity index (χ4v) is 6.84. The van der Waals surface area contributed by atoms with Gasteiger partial charge in [-0.15, -0.1) is 0 Å². The van der Waals surface area contributed by atoms with Crippen molar-refractivity contribution in [3.63, 3.8) is 0 Å². The summed E-state index contributed by atoms with van der Waals surface area (Å²) >= 11 is 0. The molecule has 0 aliphatic carbocycles. The van der Waals surface area contributed by atoms with Crippen molar-refractivity contribution in [2.24, 2.45) is 0 Å². The molecule has 0 amide bonds. The van der Waals surface area contributed by atoms with E-state index in [9.17, 15) is 30.0 Å². The Kier molecular flexibility index (Phi) is 35.4. The van der Waals surface area contributed by atoms with Gasteiger partial charge >= 0.3 is 11.9 Å². The van der Waals surface area contributed by atoms with Crippen molar-refractivity contribution < 1.29 is 49.0 Å². The van der Waals surface area contributed by atoms with Gasteiger partial charge in [-0.2, -0.15) is 0 Å². The Bertz CT molecular complexity index is 1030. The maximum atomic E-state index is 12.8. The maximum Gasteiger partial charge on any atom is 0.306 e.